The maximum atomic E-state index is 11.8. The van der Waals surface area contributed by atoms with E-state index >= 15 is 0 Å². The Bertz CT molecular complexity index is 632. The van der Waals surface area contributed by atoms with Crippen molar-refractivity contribution in [1.29, 1.82) is 0 Å². The first-order valence-corrected chi connectivity index (χ1v) is 6.88. The third-order valence-electron chi connectivity index (χ3n) is 2.99. The maximum Gasteiger partial charge on any atom is 0.360 e. The van der Waals surface area contributed by atoms with Crippen LogP contribution in [0.3, 0.4) is 0 Å². The van der Waals surface area contributed by atoms with E-state index in [1.54, 1.807) is 18.4 Å². The van der Waals surface area contributed by atoms with Gasteiger partial charge in [0.25, 0.3) is 0 Å². The second-order valence-corrected chi connectivity index (χ2v) is 4.47. The summed E-state index contributed by atoms with van der Waals surface area (Å²) in [6, 6.07) is 0. The lowest BCUT2D eigenvalue weighted by atomic mass is 10.3. The Balaban J connectivity index is 2.19. The summed E-state index contributed by atoms with van der Waals surface area (Å²) < 4.78 is 11.8. The number of carbonyl (C=O) groups is 1. The summed E-state index contributed by atoms with van der Waals surface area (Å²) >= 11 is 0. The molecule has 0 aliphatic carbocycles. The minimum absolute atomic E-state index is 0.162. The molecule has 2 rings (SSSR count). The van der Waals surface area contributed by atoms with E-state index in [2.05, 4.69) is 15.1 Å². The van der Waals surface area contributed by atoms with Crippen LogP contribution in [0.2, 0.25) is 0 Å². The smallest absolute Gasteiger partial charge is 0.360 e. The topological polar surface area (TPSA) is 109 Å². The number of nitrogens with two attached hydrogens (primary N) is 1. The molecule has 0 saturated heterocycles. The highest BCUT2D eigenvalue weighted by Gasteiger charge is 2.21. The van der Waals surface area contributed by atoms with E-state index < -0.39 is 5.97 Å². The molecule has 0 saturated carbocycles. The average molecular weight is 293 g/mol. The lowest BCUT2D eigenvalue weighted by Gasteiger charge is -2.06. The van der Waals surface area contributed by atoms with Gasteiger partial charge in [-0.25, -0.2) is 9.78 Å². The van der Waals surface area contributed by atoms with Crippen molar-refractivity contribution in [3.05, 3.63) is 23.2 Å². The highest BCUT2D eigenvalue weighted by atomic mass is 16.5. The Hall–Kier alpha value is -2.38. The Morgan fingerprint density at radius 2 is 2.14 bits per heavy atom. The van der Waals surface area contributed by atoms with Crippen LogP contribution < -0.4 is 5.73 Å². The summed E-state index contributed by atoms with van der Waals surface area (Å²) in [5.74, 6) is 1.65. The van der Waals surface area contributed by atoms with Gasteiger partial charge in [-0.3, -0.25) is 0 Å². The van der Waals surface area contributed by atoms with Crippen LogP contribution in [-0.4, -0.2) is 32.3 Å². The fourth-order valence-electron chi connectivity index (χ4n) is 2.03. The van der Waals surface area contributed by atoms with E-state index in [1.165, 1.54) is 0 Å². The van der Waals surface area contributed by atoms with Crippen molar-refractivity contribution in [1.82, 2.24) is 19.7 Å². The SMILES string of the molecule is CCOC(=O)c1nc(CC)n(CCc2nc(C)no2)c1N. The molecule has 21 heavy (non-hydrogen) atoms. The van der Waals surface area contributed by atoms with Crippen molar-refractivity contribution in [2.45, 2.75) is 40.2 Å². The summed E-state index contributed by atoms with van der Waals surface area (Å²) in [6.45, 7) is 6.25. The lowest BCUT2D eigenvalue weighted by Crippen LogP contribution is -2.11. The Labute approximate surface area is 122 Å². The minimum atomic E-state index is -0.503. The molecule has 0 aromatic carbocycles. The average Bonchev–Trinajstić information content (AvgIpc) is 3.00. The first-order chi connectivity index (χ1) is 10.1. The van der Waals surface area contributed by atoms with Crippen molar-refractivity contribution in [3.8, 4) is 0 Å². The van der Waals surface area contributed by atoms with Crippen molar-refractivity contribution in [3.63, 3.8) is 0 Å². The van der Waals surface area contributed by atoms with Gasteiger partial charge in [-0.15, -0.1) is 0 Å². The molecule has 0 aliphatic heterocycles. The van der Waals surface area contributed by atoms with E-state index in [-0.39, 0.29) is 12.3 Å². The largest absolute Gasteiger partial charge is 0.461 e. The highest BCUT2D eigenvalue weighted by Crippen LogP contribution is 2.17. The number of aryl methyl sites for hydroxylation is 3. The van der Waals surface area contributed by atoms with Gasteiger partial charge >= 0.3 is 5.97 Å². The second kappa shape index (κ2) is 6.38. The normalized spacial score (nSPS) is 10.8. The number of carbonyl (C=O) groups excluding carboxylic acids is 1. The van der Waals surface area contributed by atoms with E-state index in [1.807, 2.05) is 6.92 Å². The van der Waals surface area contributed by atoms with Crippen LogP contribution in [-0.2, 0) is 24.1 Å². The quantitative estimate of drug-likeness (QED) is 0.795. The molecule has 0 spiro atoms. The molecule has 2 heterocycles. The van der Waals surface area contributed by atoms with Crippen LogP contribution in [0.4, 0.5) is 5.82 Å². The molecule has 0 amide bonds. The molecular formula is C13H19N5O3. The van der Waals surface area contributed by atoms with Crippen molar-refractivity contribution in [2.75, 3.05) is 12.3 Å². The van der Waals surface area contributed by atoms with Crippen molar-refractivity contribution >= 4 is 11.8 Å². The number of rotatable bonds is 6. The van der Waals surface area contributed by atoms with Gasteiger partial charge in [0.15, 0.2) is 11.5 Å². The van der Waals surface area contributed by atoms with Crippen LogP contribution in [0.1, 0.15) is 41.9 Å². The molecule has 8 nitrogen and oxygen atoms in total. The lowest BCUT2D eigenvalue weighted by molar-refractivity contribution is 0.0521. The number of esters is 1. The summed E-state index contributed by atoms with van der Waals surface area (Å²) in [6.07, 6.45) is 1.18. The summed E-state index contributed by atoms with van der Waals surface area (Å²) in [5.41, 5.74) is 6.18. The summed E-state index contributed by atoms with van der Waals surface area (Å²) in [7, 11) is 0. The van der Waals surface area contributed by atoms with Gasteiger partial charge in [-0.2, -0.15) is 4.98 Å². The number of nitrogen functional groups attached to an aromatic ring is 1. The maximum absolute atomic E-state index is 11.8. The standard InChI is InChI=1S/C13H19N5O3/c1-4-9-16-11(13(19)20-5-2)12(14)18(9)7-6-10-15-8(3)17-21-10/h4-7,14H2,1-3H3. The zero-order valence-corrected chi connectivity index (χ0v) is 12.4. The Kier molecular flexibility index (Phi) is 4.56. The van der Waals surface area contributed by atoms with Crippen LogP contribution in [0.5, 0.6) is 0 Å². The Morgan fingerprint density at radius 3 is 2.71 bits per heavy atom. The van der Waals surface area contributed by atoms with Crippen LogP contribution in [0.25, 0.3) is 0 Å². The first-order valence-electron chi connectivity index (χ1n) is 6.88. The predicted octanol–water partition coefficient (Wildman–Crippen LogP) is 1.14. The van der Waals surface area contributed by atoms with Gasteiger partial charge in [-0.1, -0.05) is 12.1 Å². The van der Waals surface area contributed by atoms with Crippen molar-refractivity contribution < 1.29 is 14.1 Å². The third-order valence-corrected chi connectivity index (χ3v) is 2.99. The van der Waals surface area contributed by atoms with Crippen LogP contribution in [0, 0.1) is 6.92 Å². The number of anilines is 1. The van der Waals surface area contributed by atoms with E-state index in [9.17, 15) is 4.79 Å². The fraction of sp³-hybridized carbons (Fsp3) is 0.538. The molecule has 2 N–H and O–H groups in total. The zero-order chi connectivity index (χ0) is 15.4. The van der Waals surface area contributed by atoms with E-state index in [4.69, 9.17) is 15.0 Å². The highest BCUT2D eigenvalue weighted by molar-refractivity contribution is 5.92. The van der Waals surface area contributed by atoms with Gasteiger partial charge in [0.1, 0.15) is 11.6 Å². The predicted molar refractivity (Wildman–Crippen MR) is 74.7 cm³/mol. The third kappa shape index (κ3) is 3.21. The molecular weight excluding hydrogens is 274 g/mol. The minimum Gasteiger partial charge on any atom is -0.461 e. The van der Waals surface area contributed by atoms with E-state index in [0.717, 1.165) is 5.82 Å². The molecule has 0 atom stereocenters. The van der Waals surface area contributed by atoms with E-state index in [0.29, 0.717) is 36.9 Å². The van der Waals surface area contributed by atoms with Gasteiger partial charge in [-0.05, 0) is 13.8 Å². The second-order valence-electron chi connectivity index (χ2n) is 4.47. The summed E-state index contributed by atoms with van der Waals surface area (Å²) in [5, 5.41) is 3.74. The van der Waals surface area contributed by atoms with Crippen LogP contribution >= 0.6 is 0 Å². The Morgan fingerprint density at radius 1 is 1.38 bits per heavy atom. The molecule has 0 bridgehead atoms. The molecule has 2 aromatic rings. The monoisotopic (exact) mass is 293 g/mol. The fourth-order valence-corrected chi connectivity index (χ4v) is 2.03. The molecule has 0 aliphatic rings. The van der Waals surface area contributed by atoms with Gasteiger partial charge in [0.05, 0.1) is 6.61 Å². The first kappa shape index (κ1) is 15.0. The number of ether oxygens (including phenoxy) is 1. The van der Waals surface area contributed by atoms with Gasteiger partial charge < -0.3 is 19.6 Å². The molecule has 8 heteroatoms. The molecule has 0 radical (unpaired) electrons. The molecule has 2 aromatic heterocycles. The number of imidazole rings is 1. The number of hydrogen-bond donors (Lipinski definition) is 1. The number of aromatic nitrogens is 4. The van der Waals surface area contributed by atoms with Gasteiger partial charge in [0, 0.05) is 19.4 Å². The molecule has 0 fully saturated rings. The molecule has 114 valence electrons. The summed E-state index contributed by atoms with van der Waals surface area (Å²) in [4.78, 5) is 20.2. The number of nitrogens with zero attached hydrogens (tertiary/aromatic N) is 4. The van der Waals surface area contributed by atoms with Gasteiger partial charge in [0.2, 0.25) is 5.89 Å². The number of hydrogen-bond acceptors (Lipinski definition) is 7. The molecule has 0 unspecified atom stereocenters. The van der Waals surface area contributed by atoms with Crippen molar-refractivity contribution in [2.24, 2.45) is 0 Å². The van der Waals surface area contributed by atoms with Crippen LogP contribution in [0.15, 0.2) is 4.52 Å². The zero-order valence-electron chi connectivity index (χ0n) is 12.4.